The van der Waals surface area contributed by atoms with Gasteiger partial charge in [0.05, 0.1) is 22.0 Å². The number of amides is 1. The molecule has 5 nitrogen and oxygen atoms in total. The van der Waals surface area contributed by atoms with Crippen molar-refractivity contribution in [1.82, 2.24) is 9.97 Å². The van der Waals surface area contributed by atoms with Crippen molar-refractivity contribution in [2.75, 3.05) is 5.32 Å². The standard InChI is InChI=1S/C25H26N4OS/c1-4-23(24(30)28-22-12-16(3)27-21-8-6-5-7-19(21)22)31-25-18(14-26)13-17-11-15(2)9-10-20(17)29-25/h5-8,12-13,15,23H,4,9-11H2,1-3H3,(H,27,28,30). The Morgan fingerprint density at radius 2 is 2.13 bits per heavy atom. The summed E-state index contributed by atoms with van der Waals surface area (Å²) >= 11 is 1.39. The summed E-state index contributed by atoms with van der Waals surface area (Å²) in [5.74, 6) is 0.535. The van der Waals surface area contributed by atoms with Crippen LogP contribution < -0.4 is 5.32 Å². The fourth-order valence-electron chi connectivity index (χ4n) is 4.08. The number of carbonyl (C=O) groups is 1. The minimum absolute atomic E-state index is 0.0831. The minimum Gasteiger partial charge on any atom is -0.324 e. The average molecular weight is 431 g/mol. The zero-order valence-corrected chi connectivity index (χ0v) is 18.9. The normalized spacial score (nSPS) is 16.4. The molecule has 1 aliphatic rings. The van der Waals surface area contributed by atoms with Gasteiger partial charge in [-0.25, -0.2) is 4.98 Å². The molecular formula is C25H26N4OS. The molecule has 2 heterocycles. The van der Waals surface area contributed by atoms with Gasteiger partial charge >= 0.3 is 0 Å². The van der Waals surface area contributed by atoms with E-state index in [1.54, 1.807) is 0 Å². The van der Waals surface area contributed by atoms with E-state index < -0.39 is 0 Å². The maximum atomic E-state index is 13.2. The van der Waals surface area contributed by atoms with Crippen LogP contribution in [-0.2, 0) is 17.6 Å². The molecular weight excluding hydrogens is 404 g/mol. The summed E-state index contributed by atoms with van der Waals surface area (Å²) in [4.78, 5) is 22.5. The van der Waals surface area contributed by atoms with Gasteiger partial charge in [-0.15, -0.1) is 0 Å². The average Bonchev–Trinajstić information content (AvgIpc) is 2.76. The Kier molecular flexibility index (Phi) is 6.24. The van der Waals surface area contributed by atoms with Crippen LogP contribution in [0, 0.1) is 24.2 Å². The van der Waals surface area contributed by atoms with Gasteiger partial charge in [0.1, 0.15) is 11.1 Å². The first-order valence-corrected chi connectivity index (χ1v) is 11.6. The fraction of sp³-hybridized carbons (Fsp3) is 0.360. The molecule has 2 aromatic heterocycles. The van der Waals surface area contributed by atoms with Crippen LogP contribution in [-0.4, -0.2) is 21.1 Å². The predicted molar refractivity (Wildman–Crippen MR) is 125 cm³/mol. The van der Waals surface area contributed by atoms with Crippen molar-refractivity contribution in [3.8, 4) is 6.07 Å². The van der Waals surface area contributed by atoms with E-state index in [0.29, 0.717) is 22.9 Å². The molecule has 3 aromatic rings. The number of para-hydroxylation sites is 1. The minimum atomic E-state index is -0.340. The van der Waals surface area contributed by atoms with Gasteiger partial charge in [0, 0.05) is 16.8 Å². The van der Waals surface area contributed by atoms with Crippen LogP contribution in [0.3, 0.4) is 0 Å². The first-order chi connectivity index (χ1) is 15.0. The van der Waals surface area contributed by atoms with Crippen molar-refractivity contribution < 1.29 is 4.79 Å². The molecule has 31 heavy (non-hydrogen) atoms. The van der Waals surface area contributed by atoms with E-state index in [2.05, 4.69) is 23.3 Å². The second-order valence-corrected chi connectivity index (χ2v) is 9.43. The van der Waals surface area contributed by atoms with Gasteiger partial charge in [-0.1, -0.05) is 43.8 Å². The van der Waals surface area contributed by atoms with E-state index in [0.717, 1.165) is 47.2 Å². The largest absolute Gasteiger partial charge is 0.324 e. The van der Waals surface area contributed by atoms with Crippen LogP contribution in [0.5, 0.6) is 0 Å². The van der Waals surface area contributed by atoms with E-state index in [1.807, 2.05) is 50.2 Å². The van der Waals surface area contributed by atoms with Gasteiger partial charge in [-0.05, 0) is 62.3 Å². The number of hydrogen-bond acceptors (Lipinski definition) is 5. The lowest BCUT2D eigenvalue weighted by Crippen LogP contribution is -2.25. The number of fused-ring (bicyclic) bond motifs is 2. The number of aromatic nitrogens is 2. The summed E-state index contributed by atoms with van der Waals surface area (Å²) < 4.78 is 0. The number of nitrogens with zero attached hydrogens (tertiary/aromatic N) is 3. The van der Waals surface area contributed by atoms with Gasteiger partial charge in [0.15, 0.2) is 0 Å². The van der Waals surface area contributed by atoms with Crippen molar-refractivity contribution in [3.63, 3.8) is 0 Å². The summed E-state index contributed by atoms with van der Waals surface area (Å²) in [5, 5.41) is 14.0. The summed E-state index contributed by atoms with van der Waals surface area (Å²) in [7, 11) is 0. The molecule has 0 aliphatic heterocycles. The first-order valence-electron chi connectivity index (χ1n) is 10.7. The Hall–Kier alpha value is -2.91. The highest BCUT2D eigenvalue weighted by atomic mass is 32.2. The zero-order chi connectivity index (χ0) is 22.0. The number of benzene rings is 1. The fourth-order valence-corrected chi connectivity index (χ4v) is 5.08. The Morgan fingerprint density at radius 3 is 2.90 bits per heavy atom. The molecule has 1 amide bonds. The highest BCUT2D eigenvalue weighted by Crippen LogP contribution is 2.33. The third-order valence-corrected chi connectivity index (χ3v) is 7.10. The molecule has 0 radical (unpaired) electrons. The van der Waals surface area contributed by atoms with Crippen LogP contribution in [0.15, 0.2) is 41.4 Å². The highest BCUT2D eigenvalue weighted by Gasteiger charge is 2.24. The van der Waals surface area contributed by atoms with E-state index in [1.165, 1.54) is 17.3 Å². The van der Waals surface area contributed by atoms with Gasteiger partial charge in [0.2, 0.25) is 5.91 Å². The quantitative estimate of drug-likeness (QED) is 0.545. The lowest BCUT2D eigenvalue weighted by molar-refractivity contribution is -0.115. The Bertz CT molecular complexity index is 1180. The van der Waals surface area contributed by atoms with Crippen LogP contribution in [0.4, 0.5) is 5.69 Å². The van der Waals surface area contributed by atoms with Crippen molar-refractivity contribution in [1.29, 1.82) is 5.26 Å². The summed E-state index contributed by atoms with van der Waals surface area (Å²) in [5.41, 5.74) is 5.29. The van der Waals surface area contributed by atoms with Crippen molar-refractivity contribution in [2.24, 2.45) is 5.92 Å². The van der Waals surface area contributed by atoms with Gasteiger partial charge in [0.25, 0.3) is 0 Å². The van der Waals surface area contributed by atoms with Crippen molar-refractivity contribution in [3.05, 3.63) is 58.9 Å². The number of rotatable bonds is 5. The van der Waals surface area contributed by atoms with E-state index in [9.17, 15) is 10.1 Å². The molecule has 158 valence electrons. The number of carbonyl (C=O) groups excluding carboxylic acids is 1. The molecule has 0 spiro atoms. The molecule has 1 aromatic carbocycles. The lowest BCUT2D eigenvalue weighted by Gasteiger charge is -2.22. The zero-order valence-electron chi connectivity index (χ0n) is 18.1. The number of nitrogens with one attached hydrogen (secondary N) is 1. The molecule has 4 rings (SSSR count). The number of nitriles is 1. The Morgan fingerprint density at radius 1 is 1.32 bits per heavy atom. The van der Waals surface area contributed by atoms with E-state index in [-0.39, 0.29) is 11.2 Å². The second-order valence-electron chi connectivity index (χ2n) is 8.24. The molecule has 0 saturated heterocycles. The summed E-state index contributed by atoms with van der Waals surface area (Å²) in [6.07, 6.45) is 3.65. The topological polar surface area (TPSA) is 78.7 Å². The van der Waals surface area contributed by atoms with Crippen LogP contribution in [0.2, 0.25) is 0 Å². The van der Waals surface area contributed by atoms with Gasteiger partial charge < -0.3 is 5.32 Å². The smallest absolute Gasteiger partial charge is 0.237 e. The third kappa shape index (κ3) is 4.57. The second kappa shape index (κ2) is 9.07. The maximum Gasteiger partial charge on any atom is 0.237 e. The highest BCUT2D eigenvalue weighted by molar-refractivity contribution is 8.00. The molecule has 2 atom stereocenters. The van der Waals surface area contributed by atoms with E-state index in [4.69, 9.17) is 4.98 Å². The molecule has 2 unspecified atom stereocenters. The van der Waals surface area contributed by atoms with Crippen LogP contribution >= 0.6 is 11.8 Å². The van der Waals surface area contributed by atoms with Gasteiger partial charge in [-0.2, -0.15) is 5.26 Å². The first kappa shape index (κ1) is 21.3. The molecule has 1 aliphatic carbocycles. The predicted octanol–water partition coefficient (Wildman–Crippen LogP) is 5.44. The van der Waals surface area contributed by atoms with Crippen LogP contribution in [0.25, 0.3) is 10.9 Å². The van der Waals surface area contributed by atoms with Crippen molar-refractivity contribution >= 4 is 34.3 Å². The maximum absolute atomic E-state index is 13.2. The number of anilines is 1. The SMILES string of the molecule is CCC(Sc1nc2c(cc1C#N)CC(C)CC2)C(=O)Nc1cc(C)nc2ccccc12. The molecule has 6 heteroatoms. The number of pyridine rings is 2. The van der Waals surface area contributed by atoms with Crippen molar-refractivity contribution in [2.45, 2.75) is 56.7 Å². The lowest BCUT2D eigenvalue weighted by atomic mass is 9.87. The number of hydrogen-bond donors (Lipinski definition) is 1. The van der Waals surface area contributed by atoms with E-state index >= 15 is 0 Å². The summed E-state index contributed by atoms with van der Waals surface area (Å²) in [6, 6.07) is 14.0. The number of thioether (sulfide) groups is 1. The van der Waals surface area contributed by atoms with Crippen LogP contribution in [0.1, 0.15) is 49.2 Å². The van der Waals surface area contributed by atoms with Gasteiger partial charge in [-0.3, -0.25) is 9.78 Å². The molecule has 0 saturated carbocycles. The third-order valence-electron chi connectivity index (χ3n) is 5.74. The Balaban J connectivity index is 1.59. The molecule has 0 fully saturated rings. The Labute approximate surface area is 187 Å². The number of aryl methyl sites for hydroxylation is 2. The molecule has 1 N–H and O–H groups in total. The summed E-state index contributed by atoms with van der Waals surface area (Å²) in [6.45, 7) is 6.14. The monoisotopic (exact) mass is 430 g/mol. The molecule has 0 bridgehead atoms.